The van der Waals surface area contributed by atoms with Crippen LogP contribution in [0.5, 0.6) is 0 Å². The summed E-state index contributed by atoms with van der Waals surface area (Å²) < 4.78 is 1.83. The molecule has 0 bridgehead atoms. The molecular weight excluding hydrogens is 250 g/mol. The van der Waals surface area contributed by atoms with Gasteiger partial charge in [0.1, 0.15) is 18.3 Å². The zero-order valence-corrected chi connectivity index (χ0v) is 10.6. The molecule has 0 aromatic carbocycles. The lowest BCUT2D eigenvalue weighted by Crippen LogP contribution is -2.41. The first-order chi connectivity index (χ1) is 8.84. The average molecular weight is 263 g/mol. The van der Waals surface area contributed by atoms with Crippen LogP contribution in [0.2, 0.25) is 0 Å². The Labute approximate surface area is 108 Å². The Morgan fingerprint density at radius 3 is 3.17 bits per heavy atom. The second-order valence-electron chi connectivity index (χ2n) is 4.30. The van der Waals surface area contributed by atoms with Crippen LogP contribution in [0.25, 0.3) is 0 Å². The highest BCUT2D eigenvalue weighted by atomic mass is 32.1. The van der Waals surface area contributed by atoms with Crippen LogP contribution in [0, 0.1) is 0 Å². The summed E-state index contributed by atoms with van der Waals surface area (Å²) in [5.74, 6) is 0.0149. The molecule has 94 valence electrons. The van der Waals surface area contributed by atoms with E-state index in [1.807, 2.05) is 9.58 Å². The second-order valence-corrected chi connectivity index (χ2v) is 5.02. The van der Waals surface area contributed by atoms with Crippen molar-refractivity contribution in [3.05, 3.63) is 29.2 Å². The van der Waals surface area contributed by atoms with Crippen molar-refractivity contribution in [2.45, 2.75) is 18.9 Å². The van der Waals surface area contributed by atoms with Gasteiger partial charge in [0.25, 0.3) is 5.91 Å². The summed E-state index contributed by atoms with van der Waals surface area (Å²) in [6, 6.07) is 0.226. The molecule has 3 heterocycles. The molecule has 1 fully saturated rings. The minimum atomic E-state index is 0.0149. The predicted molar refractivity (Wildman–Crippen MR) is 66.3 cm³/mol. The zero-order chi connectivity index (χ0) is 12.4. The second kappa shape index (κ2) is 4.85. The summed E-state index contributed by atoms with van der Waals surface area (Å²) in [5, 5.41) is 5.94. The lowest BCUT2D eigenvalue weighted by Gasteiger charge is -2.32. The molecule has 3 rings (SSSR count). The smallest absolute Gasteiger partial charge is 0.273 e. The molecule has 2 aromatic rings. The normalized spacial score (nSPS) is 20.0. The number of thiazole rings is 1. The summed E-state index contributed by atoms with van der Waals surface area (Å²) in [7, 11) is 0. The third kappa shape index (κ3) is 2.13. The summed E-state index contributed by atoms with van der Waals surface area (Å²) >= 11 is 1.44. The van der Waals surface area contributed by atoms with Gasteiger partial charge in [0.15, 0.2) is 0 Å². The van der Waals surface area contributed by atoms with Gasteiger partial charge in [0.05, 0.1) is 11.6 Å². The van der Waals surface area contributed by atoms with Gasteiger partial charge in [-0.15, -0.1) is 11.3 Å². The van der Waals surface area contributed by atoms with E-state index in [0.717, 1.165) is 19.4 Å². The van der Waals surface area contributed by atoms with Gasteiger partial charge >= 0.3 is 0 Å². The van der Waals surface area contributed by atoms with Gasteiger partial charge in [0, 0.05) is 18.5 Å². The van der Waals surface area contributed by atoms with Gasteiger partial charge in [-0.25, -0.2) is 14.6 Å². The SMILES string of the molecule is O=C(c1cscn1)N1CCC[C@H](n2cncn2)C1. The topological polar surface area (TPSA) is 63.9 Å². The van der Waals surface area contributed by atoms with Crippen LogP contribution in [-0.2, 0) is 0 Å². The first kappa shape index (κ1) is 11.3. The Kier molecular flexibility index (Phi) is 3.06. The van der Waals surface area contributed by atoms with Crippen LogP contribution in [0.1, 0.15) is 29.4 Å². The molecule has 1 saturated heterocycles. The Morgan fingerprint density at radius 2 is 2.44 bits per heavy atom. The van der Waals surface area contributed by atoms with Crippen LogP contribution in [-0.4, -0.2) is 43.6 Å². The fourth-order valence-electron chi connectivity index (χ4n) is 2.24. The molecule has 18 heavy (non-hydrogen) atoms. The lowest BCUT2D eigenvalue weighted by molar-refractivity contribution is 0.0667. The number of carbonyl (C=O) groups excluding carboxylic acids is 1. The van der Waals surface area contributed by atoms with Gasteiger partial charge in [-0.05, 0) is 12.8 Å². The van der Waals surface area contributed by atoms with Crippen molar-refractivity contribution in [1.29, 1.82) is 0 Å². The van der Waals surface area contributed by atoms with Crippen LogP contribution in [0.15, 0.2) is 23.5 Å². The number of hydrogen-bond acceptors (Lipinski definition) is 5. The number of carbonyl (C=O) groups is 1. The van der Waals surface area contributed by atoms with Gasteiger partial charge in [-0.2, -0.15) is 5.10 Å². The van der Waals surface area contributed by atoms with E-state index in [4.69, 9.17) is 0 Å². The van der Waals surface area contributed by atoms with Crippen molar-refractivity contribution in [2.24, 2.45) is 0 Å². The van der Waals surface area contributed by atoms with Gasteiger partial charge in [-0.3, -0.25) is 4.79 Å². The van der Waals surface area contributed by atoms with Crippen LogP contribution in [0.4, 0.5) is 0 Å². The predicted octanol–water partition coefficient (Wildman–Crippen LogP) is 1.21. The Bertz CT molecular complexity index is 510. The maximum atomic E-state index is 12.2. The fraction of sp³-hybridized carbons (Fsp3) is 0.455. The molecule has 0 radical (unpaired) electrons. The highest BCUT2D eigenvalue weighted by Crippen LogP contribution is 2.21. The van der Waals surface area contributed by atoms with E-state index in [1.165, 1.54) is 17.7 Å². The van der Waals surface area contributed by atoms with Gasteiger partial charge in [-0.1, -0.05) is 0 Å². The Hall–Kier alpha value is -1.76. The Balaban J connectivity index is 1.73. The third-order valence-electron chi connectivity index (χ3n) is 3.15. The minimum Gasteiger partial charge on any atom is -0.335 e. The minimum absolute atomic E-state index is 0.0149. The van der Waals surface area contributed by atoms with Gasteiger partial charge < -0.3 is 4.90 Å². The molecule has 1 aliphatic heterocycles. The summed E-state index contributed by atoms with van der Waals surface area (Å²) in [6.45, 7) is 1.47. The maximum absolute atomic E-state index is 12.2. The number of likely N-dealkylation sites (tertiary alicyclic amines) is 1. The molecule has 1 amide bonds. The van der Waals surface area contributed by atoms with E-state index in [2.05, 4.69) is 15.1 Å². The molecule has 0 aliphatic carbocycles. The van der Waals surface area contributed by atoms with Crippen molar-refractivity contribution < 1.29 is 4.79 Å². The van der Waals surface area contributed by atoms with Crippen LogP contribution < -0.4 is 0 Å². The Morgan fingerprint density at radius 1 is 1.50 bits per heavy atom. The molecule has 7 heteroatoms. The van der Waals surface area contributed by atoms with E-state index in [0.29, 0.717) is 12.2 Å². The van der Waals surface area contributed by atoms with E-state index in [-0.39, 0.29) is 11.9 Å². The van der Waals surface area contributed by atoms with E-state index in [9.17, 15) is 4.79 Å². The maximum Gasteiger partial charge on any atom is 0.273 e. The van der Waals surface area contributed by atoms with Crippen LogP contribution >= 0.6 is 11.3 Å². The third-order valence-corrected chi connectivity index (χ3v) is 3.73. The first-order valence-electron chi connectivity index (χ1n) is 5.86. The quantitative estimate of drug-likeness (QED) is 0.817. The number of rotatable bonds is 2. The summed E-state index contributed by atoms with van der Waals surface area (Å²) in [6.07, 6.45) is 5.26. The molecule has 1 atom stereocenters. The van der Waals surface area contributed by atoms with E-state index >= 15 is 0 Å². The lowest BCUT2D eigenvalue weighted by atomic mass is 10.1. The zero-order valence-electron chi connectivity index (χ0n) is 9.77. The van der Waals surface area contributed by atoms with Crippen molar-refractivity contribution in [3.8, 4) is 0 Å². The monoisotopic (exact) mass is 263 g/mol. The highest BCUT2D eigenvalue weighted by molar-refractivity contribution is 7.07. The number of amides is 1. The molecule has 0 saturated carbocycles. The number of piperidine rings is 1. The largest absolute Gasteiger partial charge is 0.335 e. The molecular formula is C11H13N5OS. The average Bonchev–Trinajstić information content (AvgIpc) is 3.11. The van der Waals surface area contributed by atoms with E-state index < -0.39 is 0 Å². The standard InChI is InChI=1S/C11H13N5OS/c17-11(10-5-18-8-13-10)15-3-1-2-9(4-15)16-7-12-6-14-16/h5-9H,1-4H2/t9-/m0/s1. The number of hydrogen-bond donors (Lipinski definition) is 0. The molecule has 1 aliphatic rings. The highest BCUT2D eigenvalue weighted by Gasteiger charge is 2.26. The molecule has 0 spiro atoms. The number of nitrogens with zero attached hydrogens (tertiary/aromatic N) is 5. The van der Waals surface area contributed by atoms with Crippen molar-refractivity contribution in [2.75, 3.05) is 13.1 Å². The first-order valence-corrected chi connectivity index (χ1v) is 6.80. The fourth-order valence-corrected chi connectivity index (χ4v) is 2.77. The molecule has 2 aromatic heterocycles. The van der Waals surface area contributed by atoms with E-state index in [1.54, 1.807) is 17.2 Å². The summed E-state index contributed by atoms with van der Waals surface area (Å²) in [4.78, 5) is 22.1. The molecule has 6 nitrogen and oxygen atoms in total. The molecule has 0 unspecified atom stereocenters. The molecule has 0 N–H and O–H groups in total. The number of aromatic nitrogens is 4. The van der Waals surface area contributed by atoms with Gasteiger partial charge in [0.2, 0.25) is 0 Å². The van der Waals surface area contributed by atoms with Crippen molar-refractivity contribution >= 4 is 17.2 Å². The summed E-state index contributed by atoms with van der Waals surface area (Å²) in [5.41, 5.74) is 2.23. The van der Waals surface area contributed by atoms with Crippen molar-refractivity contribution in [1.82, 2.24) is 24.6 Å². The van der Waals surface area contributed by atoms with Crippen molar-refractivity contribution in [3.63, 3.8) is 0 Å². The van der Waals surface area contributed by atoms with Crippen LogP contribution in [0.3, 0.4) is 0 Å².